The molecule has 2 aromatic rings. The number of carbonyl (C=O) groups is 2. The maximum absolute atomic E-state index is 13.5. The molecule has 6 atom stereocenters. The van der Waals surface area contributed by atoms with Gasteiger partial charge >= 0.3 is 0 Å². The van der Waals surface area contributed by atoms with Crippen LogP contribution in [0.25, 0.3) is 5.65 Å². The molecule has 2 saturated carbocycles. The zero-order valence-corrected chi connectivity index (χ0v) is 22.2. The summed E-state index contributed by atoms with van der Waals surface area (Å²) >= 11 is 0. The first-order valence-electron chi connectivity index (χ1n) is 13.9. The van der Waals surface area contributed by atoms with Crippen molar-refractivity contribution in [2.24, 2.45) is 34.5 Å². The minimum Gasteiger partial charge on any atom is -0.355 e. The molecule has 4 aliphatic rings. The fraction of sp³-hybridized carbons (Fsp3) is 0.633. The molecule has 1 unspecified atom stereocenters. The van der Waals surface area contributed by atoms with E-state index in [0.29, 0.717) is 30.7 Å². The first-order valence-corrected chi connectivity index (χ1v) is 13.9. The third-order valence-corrected chi connectivity index (χ3v) is 10.7. The lowest BCUT2D eigenvalue weighted by Crippen LogP contribution is -2.55. The summed E-state index contributed by atoms with van der Waals surface area (Å²) in [5, 5.41) is 3.28. The summed E-state index contributed by atoms with van der Waals surface area (Å²) in [6, 6.07) is 6.01. The molecule has 1 aliphatic heterocycles. The average Bonchev–Trinajstić information content (AvgIpc) is 3.42. The third kappa shape index (κ3) is 3.47. The predicted molar refractivity (Wildman–Crippen MR) is 140 cm³/mol. The molecule has 2 aromatic heterocycles. The summed E-state index contributed by atoms with van der Waals surface area (Å²) in [5.41, 5.74) is 4.83. The Morgan fingerprint density at radius 3 is 2.81 bits per heavy atom. The van der Waals surface area contributed by atoms with Gasteiger partial charge in [0, 0.05) is 55.9 Å². The lowest BCUT2D eigenvalue weighted by Gasteiger charge is -2.59. The van der Waals surface area contributed by atoms with Gasteiger partial charge in [0.1, 0.15) is 5.65 Å². The van der Waals surface area contributed by atoms with E-state index in [0.717, 1.165) is 56.3 Å². The Morgan fingerprint density at radius 2 is 2.00 bits per heavy atom. The number of carbonyl (C=O) groups excluding carboxylic acids is 2. The van der Waals surface area contributed by atoms with Gasteiger partial charge in [0.25, 0.3) is 0 Å². The maximum Gasteiger partial charge on any atom is 0.226 e. The second-order valence-electron chi connectivity index (χ2n) is 12.5. The van der Waals surface area contributed by atoms with Crippen molar-refractivity contribution in [3.8, 4) is 0 Å². The van der Waals surface area contributed by atoms with Crippen molar-refractivity contribution in [2.45, 2.75) is 72.1 Å². The lowest BCUT2D eigenvalue weighted by atomic mass is 9.48. The minimum absolute atomic E-state index is 0.0683. The van der Waals surface area contributed by atoms with Crippen molar-refractivity contribution in [1.82, 2.24) is 19.6 Å². The molecule has 6 nitrogen and oxygen atoms in total. The molecule has 1 saturated heterocycles. The first-order chi connectivity index (χ1) is 17.2. The van der Waals surface area contributed by atoms with E-state index >= 15 is 0 Å². The number of pyridine rings is 1. The van der Waals surface area contributed by atoms with Crippen LogP contribution in [-0.4, -0.2) is 39.7 Å². The monoisotopic (exact) mass is 488 g/mol. The van der Waals surface area contributed by atoms with E-state index in [-0.39, 0.29) is 28.6 Å². The molecule has 1 N–H and O–H groups in total. The van der Waals surface area contributed by atoms with E-state index in [1.54, 1.807) is 0 Å². The van der Waals surface area contributed by atoms with E-state index in [1.165, 1.54) is 11.3 Å². The molecule has 0 bridgehead atoms. The van der Waals surface area contributed by atoms with Gasteiger partial charge in [-0.1, -0.05) is 25.5 Å². The fourth-order valence-electron chi connectivity index (χ4n) is 9.08. The lowest BCUT2D eigenvalue weighted by molar-refractivity contribution is -0.138. The highest BCUT2D eigenvalue weighted by Crippen LogP contribution is 2.66. The third-order valence-electron chi connectivity index (χ3n) is 10.7. The summed E-state index contributed by atoms with van der Waals surface area (Å²) in [4.78, 5) is 32.6. The number of amides is 2. The SMILES string of the molecule is CC1=C2N(C)C(=O)CC[C@]2(C)[C@@H]2CC[C@]3(C)C(C(=O)NCCc4cn5ccccc5n4)CC[C@H]3[C@@H]2C1. The van der Waals surface area contributed by atoms with Gasteiger partial charge in [-0.05, 0) is 80.8 Å². The van der Waals surface area contributed by atoms with Gasteiger partial charge in [-0.15, -0.1) is 0 Å². The average molecular weight is 489 g/mol. The van der Waals surface area contributed by atoms with Crippen LogP contribution in [0.5, 0.6) is 0 Å². The number of nitrogens with zero attached hydrogens (tertiary/aromatic N) is 3. The molecular weight excluding hydrogens is 448 g/mol. The van der Waals surface area contributed by atoms with Crippen LogP contribution in [0.1, 0.15) is 71.4 Å². The normalized spacial score (nSPS) is 36.0. The molecule has 3 fully saturated rings. The zero-order valence-electron chi connectivity index (χ0n) is 22.2. The van der Waals surface area contributed by atoms with Crippen LogP contribution in [0.3, 0.4) is 0 Å². The Balaban J connectivity index is 1.16. The Bertz CT molecular complexity index is 1210. The number of allylic oxidation sites excluding steroid dienone is 2. The standard InChI is InChI=1S/C30H40N4O2/c1-19-17-21-22-8-9-24(28(36)31-15-12-20-18-34-16-6-5-7-25(34)32-20)29(22,2)13-10-23(21)30(3)14-11-26(35)33(4)27(19)30/h5-7,16,18,21-24H,8-15,17H2,1-4H3,(H,31,36)/t21-,22-,23+,24?,29-,30+/m0/s1. The summed E-state index contributed by atoms with van der Waals surface area (Å²) in [6.45, 7) is 7.71. The number of hydrogen-bond donors (Lipinski definition) is 1. The van der Waals surface area contributed by atoms with Crippen LogP contribution in [0.2, 0.25) is 0 Å². The smallest absolute Gasteiger partial charge is 0.226 e. The van der Waals surface area contributed by atoms with Crippen LogP contribution in [0.15, 0.2) is 41.9 Å². The molecule has 3 aliphatic carbocycles. The van der Waals surface area contributed by atoms with Crippen LogP contribution >= 0.6 is 0 Å². The molecule has 2 amide bonds. The fourth-order valence-corrected chi connectivity index (χ4v) is 9.08. The Morgan fingerprint density at radius 1 is 1.17 bits per heavy atom. The van der Waals surface area contributed by atoms with Gasteiger partial charge in [-0.3, -0.25) is 9.59 Å². The Labute approximate surface area is 214 Å². The molecule has 3 heterocycles. The van der Waals surface area contributed by atoms with Crippen molar-refractivity contribution < 1.29 is 9.59 Å². The molecule has 192 valence electrons. The number of imidazole rings is 1. The molecule has 0 spiro atoms. The highest BCUT2D eigenvalue weighted by molar-refractivity contribution is 5.80. The van der Waals surface area contributed by atoms with E-state index in [2.05, 4.69) is 37.3 Å². The van der Waals surface area contributed by atoms with Gasteiger partial charge in [0.05, 0.1) is 5.69 Å². The molecule has 36 heavy (non-hydrogen) atoms. The Hall–Kier alpha value is -2.63. The van der Waals surface area contributed by atoms with Crippen molar-refractivity contribution in [1.29, 1.82) is 0 Å². The van der Waals surface area contributed by atoms with Crippen LogP contribution < -0.4 is 5.32 Å². The second kappa shape index (κ2) is 8.46. The maximum atomic E-state index is 13.5. The van der Waals surface area contributed by atoms with Crippen molar-refractivity contribution >= 4 is 17.5 Å². The predicted octanol–water partition coefficient (Wildman–Crippen LogP) is 4.99. The number of hydrogen-bond acceptors (Lipinski definition) is 3. The van der Waals surface area contributed by atoms with Crippen LogP contribution in [-0.2, 0) is 16.0 Å². The highest BCUT2D eigenvalue weighted by Gasteiger charge is 2.61. The summed E-state index contributed by atoms with van der Waals surface area (Å²) in [7, 11) is 1.98. The van der Waals surface area contributed by atoms with Gasteiger partial charge < -0.3 is 14.6 Å². The van der Waals surface area contributed by atoms with Crippen molar-refractivity contribution in [3.63, 3.8) is 0 Å². The summed E-state index contributed by atoms with van der Waals surface area (Å²) in [6.07, 6.45) is 11.9. The van der Waals surface area contributed by atoms with Crippen molar-refractivity contribution in [2.75, 3.05) is 13.6 Å². The molecule has 6 rings (SSSR count). The molecule has 6 heteroatoms. The number of piperidine rings is 1. The van der Waals surface area contributed by atoms with Gasteiger partial charge in [-0.2, -0.15) is 0 Å². The van der Waals surface area contributed by atoms with Crippen molar-refractivity contribution in [3.05, 3.63) is 47.6 Å². The largest absolute Gasteiger partial charge is 0.355 e. The quantitative estimate of drug-likeness (QED) is 0.660. The molecule has 0 radical (unpaired) electrons. The zero-order chi connectivity index (χ0) is 25.2. The van der Waals surface area contributed by atoms with Gasteiger partial charge in [0.15, 0.2) is 0 Å². The molecule has 0 aromatic carbocycles. The van der Waals surface area contributed by atoms with E-state index in [1.807, 2.05) is 40.7 Å². The Kier molecular flexibility index (Phi) is 5.58. The minimum atomic E-state index is 0.0683. The van der Waals surface area contributed by atoms with Crippen LogP contribution in [0, 0.1) is 34.5 Å². The number of rotatable bonds is 4. The topological polar surface area (TPSA) is 66.7 Å². The summed E-state index contributed by atoms with van der Waals surface area (Å²) in [5.74, 6) is 2.42. The van der Waals surface area contributed by atoms with E-state index in [4.69, 9.17) is 0 Å². The first kappa shape index (κ1) is 23.7. The van der Waals surface area contributed by atoms with Gasteiger partial charge in [0.2, 0.25) is 11.8 Å². The van der Waals surface area contributed by atoms with E-state index in [9.17, 15) is 9.59 Å². The second-order valence-corrected chi connectivity index (χ2v) is 12.5. The number of aromatic nitrogens is 2. The van der Waals surface area contributed by atoms with Gasteiger partial charge in [-0.25, -0.2) is 4.98 Å². The van der Waals surface area contributed by atoms with E-state index < -0.39 is 0 Å². The highest BCUT2D eigenvalue weighted by atomic mass is 16.2. The number of fused-ring (bicyclic) bond motifs is 6. The number of nitrogens with one attached hydrogen (secondary N) is 1. The summed E-state index contributed by atoms with van der Waals surface area (Å²) < 4.78 is 2.03. The molecular formula is C30H40N4O2. The number of likely N-dealkylation sites (tertiary alicyclic amines) is 1. The van der Waals surface area contributed by atoms with Crippen LogP contribution in [0.4, 0.5) is 0 Å².